The van der Waals surface area contributed by atoms with Crippen molar-refractivity contribution < 1.29 is 28.5 Å². The number of aromatic nitrogens is 4. The van der Waals surface area contributed by atoms with E-state index in [4.69, 9.17) is 25.8 Å². The van der Waals surface area contributed by atoms with Gasteiger partial charge in [0, 0.05) is 11.6 Å². The summed E-state index contributed by atoms with van der Waals surface area (Å²) in [6.45, 7) is 4.85. The predicted octanol–water partition coefficient (Wildman–Crippen LogP) is 3.11. The Morgan fingerprint density at radius 1 is 1.31 bits per heavy atom. The first-order valence-electron chi connectivity index (χ1n) is 11.7. The maximum atomic E-state index is 15.3. The highest BCUT2D eigenvalue weighted by atomic mass is 35.5. The van der Waals surface area contributed by atoms with Gasteiger partial charge >= 0.3 is 6.09 Å². The molecule has 0 saturated carbocycles. The van der Waals surface area contributed by atoms with E-state index in [-0.39, 0.29) is 41.3 Å². The summed E-state index contributed by atoms with van der Waals surface area (Å²) >= 11 is 6.44. The summed E-state index contributed by atoms with van der Waals surface area (Å²) in [7, 11) is 0. The van der Waals surface area contributed by atoms with Gasteiger partial charge in [0.1, 0.15) is 18.2 Å². The monoisotopic (exact) mass is 518 g/mol. The van der Waals surface area contributed by atoms with Crippen LogP contribution in [0, 0.1) is 5.82 Å². The van der Waals surface area contributed by atoms with Crippen LogP contribution in [0.4, 0.5) is 21.1 Å². The predicted molar refractivity (Wildman–Crippen MR) is 127 cm³/mol. The number of aliphatic hydroxyl groups excluding tert-OH is 1. The van der Waals surface area contributed by atoms with Gasteiger partial charge in [-0.25, -0.2) is 29.0 Å². The number of ether oxygens (including phenoxy) is 3. The zero-order valence-corrected chi connectivity index (χ0v) is 20.3. The zero-order valence-electron chi connectivity index (χ0n) is 19.5. The standard InChI is InChI=1S/C23H24ClFN6O5/c1-10(2)31-16-6-11(5-14(25)18(16)29-22(31)30-3-4-34-23(30)33)17-13(24)8-26-21(28-17)27-15-7-12-9-35-20(36-12)19(15)32/h5-6,8,10,12,15,19-20,32H,3-4,7,9H2,1-2H3,(H,26,27,28)/t12-,15+,19-,20+/m0/s1. The second-order valence-corrected chi connectivity index (χ2v) is 9.70. The smallest absolute Gasteiger partial charge is 0.416 e. The van der Waals surface area contributed by atoms with Gasteiger partial charge in [-0.3, -0.25) is 0 Å². The third kappa shape index (κ3) is 3.84. The summed E-state index contributed by atoms with van der Waals surface area (Å²) < 4.78 is 33.2. The molecule has 5 heterocycles. The lowest BCUT2D eigenvalue weighted by Gasteiger charge is -2.32. The highest BCUT2D eigenvalue weighted by Gasteiger charge is 2.43. The Balaban J connectivity index is 1.39. The van der Waals surface area contributed by atoms with Crippen LogP contribution in [0.5, 0.6) is 0 Å². The summed E-state index contributed by atoms with van der Waals surface area (Å²) in [6, 6.07) is 2.54. The van der Waals surface area contributed by atoms with Crippen LogP contribution in [0.1, 0.15) is 26.3 Å². The first-order chi connectivity index (χ1) is 17.3. The SMILES string of the molecule is CC(C)n1c(N2CCOC2=O)nc2c(F)cc(-c3nc(N[C@@H]4C[C@H]5CO[C@H](O5)[C@H]4O)ncc3Cl)cc21. The molecule has 2 N–H and O–H groups in total. The zero-order chi connectivity index (χ0) is 25.1. The van der Waals surface area contributed by atoms with E-state index >= 15 is 4.39 Å². The molecule has 11 nitrogen and oxygen atoms in total. The van der Waals surface area contributed by atoms with Crippen LogP contribution in [0.2, 0.25) is 5.02 Å². The second-order valence-electron chi connectivity index (χ2n) is 9.29. The minimum Gasteiger partial charge on any atom is -0.447 e. The average Bonchev–Trinajstić information content (AvgIpc) is 3.55. The van der Waals surface area contributed by atoms with Crippen molar-refractivity contribution in [3.05, 3.63) is 29.2 Å². The molecule has 1 aromatic carbocycles. The number of hydrogen-bond acceptors (Lipinski definition) is 9. The Labute approximate surface area is 210 Å². The lowest BCUT2D eigenvalue weighted by Crippen LogP contribution is -2.48. The molecule has 36 heavy (non-hydrogen) atoms. The van der Waals surface area contributed by atoms with E-state index in [1.54, 1.807) is 10.6 Å². The van der Waals surface area contributed by atoms with Crippen molar-refractivity contribution in [2.75, 3.05) is 30.0 Å². The van der Waals surface area contributed by atoms with Crippen molar-refractivity contribution in [3.8, 4) is 11.3 Å². The summed E-state index contributed by atoms with van der Waals surface area (Å²) in [4.78, 5) is 26.8. The van der Waals surface area contributed by atoms with Crippen LogP contribution in [-0.2, 0) is 14.2 Å². The first kappa shape index (κ1) is 23.3. The normalized spacial score (nSPS) is 25.7. The molecule has 3 saturated heterocycles. The van der Waals surface area contributed by atoms with E-state index in [1.807, 2.05) is 13.8 Å². The average molecular weight is 519 g/mol. The van der Waals surface area contributed by atoms with Crippen molar-refractivity contribution in [2.24, 2.45) is 0 Å². The molecule has 3 aliphatic rings. The van der Waals surface area contributed by atoms with Crippen LogP contribution in [-0.4, -0.2) is 75.0 Å². The fourth-order valence-corrected chi connectivity index (χ4v) is 5.09. The molecule has 0 radical (unpaired) electrons. The van der Waals surface area contributed by atoms with Gasteiger partial charge in [-0.15, -0.1) is 0 Å². The van der Waals surface area contributed by atoms with Gasteiger partial charge in [-0.1, -0.05) is 11.6 Å². The van der Waals surface area contributed by atoms with Crippen molar-refractivity contribution in [1.82, 2.24) is 19.5 Å². The van der Waals surface area contributed by atoms with Gasteiger partial charge in [0.2, 0.25) is 11.9 Å². The summed E-state index contributed by atoms with van der Waals surface area (Å²) in [5.74, 6) is -0.0216. The van der Waals surface area contributed by atoms with Gasteiger partial charge in [0.25, 0.3) is 0 Å². The number of fused-ring (bicyclic) bond motifs is 3. The number of amides is 1. The number of anilines is 2. The van der Waals surface area contributed by atoms with E-state index < -0.39 is 24.3 Å². The molecule has 4 atom stereocenters. The molecule has 2 bridgehead atoms. The third-order valence-electron chi connectivity index (χ3n) is 6.56. The fourth-order valence-electron chi connectivity index (χ4n) is 4.89. The van der Waals surface area contributed by atoms with Gasteiger partial charge < -0.3 is 29.2 Å². The molecular weight excluding hydrogens is 495 g/mol. The molecule has 0 unspecified atom stereocenters. The second kappa shape index (κ2) is 8.80. The van der Waals surface area contributed by atoms with Crippen LogP contribution >= 0.6 is 11.6 Å². The number of benzene rings is 1. The van der Waals surface area contributed by atoms with Gasteiger partial charge in [0.15, 0.2) is 12.1 Å². The Kier molecular flexibility index (Phi) is 5.71. The highest BCUT2D eigenvalue weighted by molar-refractivity contribution is 6.33. The van der Waals surface area contributed by atoms with Gasteiger partial charge in [0.05, 0.1) is 47.7 Å². The lowest BCUT2D eigenvalue weighted by atomic mass is 10.0. The van der Waals surface area contributed by atoms with Crippen molar-refractivity contribution >= 4 is 40.6 Å². The molecule has 0 spiro atoms. The van der Waals surface area contributed by atoms with E-state index in [9.17, 15) is 9.90 Å². The minimum absolute atomic E-state index is 0.113. The molecule has 3 fully saturated rings. The molecule has 0 aliphatic carbocycles. The minimum atomic E-state index is -0.892. The topological polar surface area (TPSA) is 124 Å². The first-order valence-corrected chi connectivity index (χ1v) is 12.1. The molecule has 2 aromatic heterocycles. The summed E-state index contributed by atoms with van der Waals surface area (Å²) in [6.07, 6.45) is -0.265. The highest BCUT2D eigenvalue weighted by Crippen LogP contribution is 2.35. The molecule has 3 aromatic rings. The Morgan fingerprint density at radius 2 is 2.14 bits per heavy atom. The van der Waals surface area contributed by atoms with E-state index in [0.29, 0.717) is 42.3 Å². The quantitative estimate of drug-likeness (QED) is 0.524. The van der Waals surface area contributed by atoms with Gasteiger partial charge in [-0.05, 0) is 32.4 Å². The number of carbonyl (C=O) groups excluding carboxylic acids is 1. The Morgan fingerprint density at radius 3 is 2.89 bits per heavy atom. The number of cyclic esters (lactones) is 1. The Bertz CT molecular complexity index is 1350. The van der Waals surface area contributed by atoms with Crippen molar-refractivity contribution in [2.45, 2.75) is 50.8 Å². The number of imidazole rings is 1. The number of rotatable bonds is 5. The number of nitrogens with one attached hydrogen (secondary N) is 1. The number of halogens is 2. The maximum Gasteiger partial charge on any atom is 0.416 e. The molecular formula is C23H24ClFN6O5. The number of aliphatic hydroxyl groups is 1. The molecule has 190 valence electrons. The number of nitrogens with zero attached hydrogens (tertiary/aromatic N) is 5. The fraction of sp³-hybridized carbons (Fsp3) is 0.478. The third-order valence-corrected chi connectivity index (χ3v) is 6.84. The molecule has 3 aliphatic heterocycles. The van der Waals surface area contributed by atoms with Crippen molar-refractivity contribution in [3.63, 3.8) is 0 Å². The maximum absolute atomic E-state index is 15.3. The van der Waals surface area contributed by atoms with Gasteiger partial charge in [-0.2, -0.15) is 0 Å². The number of carbonyl (C=O) groups is 1. The molecule has 1 amide bonds. The van der Waals surface area contributed by atoms with Crippen LogP contribution in [0.3, 0.4) is 0 Å². The van der Waals surface area contributed by atoms with Crippen LogP contribution in [0.25, 0.3) is 22.3 Å². The van der Waals surface area contributed by atoms with Crippen molar-refractivity contribution in [1.29, 1.82) is 0 Å². The van der Waals surface area contributed by atoms with Crippen LogP contribution < -0.4 is 10.2 Å². The lowest BCUT2D eigenvalue weighted by molar-refractivity contribution is -0.156. The summed E-state index contributed by atoms with van der Waals surface area (Å²) in [5, 5.41) is 13.9. The van der Waals surface area contributed by atoms with E-state index in [0.717, 1.165) is 0 Å². The molecule has 6 rings (SSSR count). The van der Waals surface area contributed by atoms with E-state index in [1.165, 1.54) is 17.2 Å². The van der Waals surface area contributed by atoms with E-state index in [2.05, 4.69) is 20.3 Å². The van der Waals surface area contributed by atoms with Crippen LogP contribution in [0.15, 0.2) is 18.3 Å². The largest absolute Gasteiger partial charge is 0.447 e. The Hall–Kier alpha value is -3.06. The summed E-state index contributed by atoms with van der Waals surface area (Å²) in [5.41, 5.74) is 1.36. The number of hydrogen-bond donors (Lipinski definition) is 2. The molecule has 13 heteroatoms.